The van der Waals surface area contributed by atoms with Crippen molar-refractivity contribution in [2.24, 2.45) is 5.92 Å². The highest BCUT2D eigenvalue weighted by molar-refractivity contribution is 6.60. The summed E-state index contributed by atoms with van der Waals surface area (Å²) in [5, 5.41) is 0. The quantitative estimate of drug-likeness (QED) is 0.0362. The summed E-state index contributed by atoms with van der Waals surface area (Å²) in [7, 11) is -2.71. The van der Waals surface area contributed by atoms with Crippen molar-refractivity contribution in [1.82, 2.24) is 0 Å². The van der Waals surface area contributed by atoms with E-state index in [0.717, 1.165) is 51.0 Å². The molecule has 0 amide bonds. The van der Waals surface area contributed by atoms with Crippen molar-refractivity contribution in [1.29, 1.82) is 0 Å². The molecule has 49 heavy (non-hydrogen) atoms. The molecule has 1 saturated carbocycles. The number of fused-ring (bicyclic) bond motifs is 1. The molecule has 0 radical (unpaired) electrons. The van der Waals surface area contributed by atoms with Gasteiger partial charge in [0, 0.05) is 25.9 Å². The van der Waals surface area contributed by atoms with Gasteiger partial charge in [0.15, 0.2) is 0 Å². The average Bonchev–Trinajstić information content (AvgIpc) is 3.90. The molecule has 2 fully saturated rings. The zero-order valence-electron chi connectivity index (χ0n) is 33.7. The standard InChI is InChI=1S/C44H88O4Si/c1-4-7-10-13-16-19-22-25-28-31-37-45-49(40-36-42-34-35-43-44(41-42)48-43,46-38-32-29-26-23-20-17-14-11-8-5-2)47-39-33-30-27-24-21-18-15-12-9-6-3/h42-44H,4-41H2,1-3H3. The Labute approximate surface area is 309 Å². The number of hydrogen-bond acceptors (Lipinski definition) is 4. The van der Waals surface area contributed by atoms with Gasteiger partial charge in [-0.2, -0.15) is 0 Å². The van der Waals surface area contributed by atoms with Crippen molar-refractivity contribution in [3.05, 3.63) is 0 Å². The van der Waals surface area contributed by atoms with Crippen molar-refractivity contribution in [2.45, 2.75) is 257 Å². The molecule has 1 saturated heterocycles. The summed E-state index contributed by atoms with van der Waals surface area (Å²) in [4.78, 5) is 0. The van der Waals surface area contributed by atoms with Gasteiger partial charge in [-0.3, -0.25) is 0 Å². The largest absolute Gasteiger partial charge is 0.500 e. The Hall–Kier alpha value is 0.0569. The zero-order chi connectivity index (χ0) is 34.9. The third kappa shape index (κ3) is 25.6. The van der Waals surface area contributed by atoms with Gasteiger partial charge < -0.3 is 18.0 Å². The lowest BCUT2D eigenvalue weighted by Gasteiger charge is -2.32. The summed E-state index contributed by atoms with van der Waals surface area (Å²) in [6.07, 6.45) is 46.8. The highest BCUT2D eigenvalue weighted by Crippen LogP contribution is 2.42. The maximum absolute atomic E-state index is 6.88. The van der Waals surface area contributed by atoms with E-state index in [1.807, 2.05) is 0 Å². The summed E-state index contributed by atoms with van der Waals surface area (Å²) in [5.74, 6) is 0.749. The van der Waals surface area contributed by atoms with Crippen molar-refractivity contribution >= 4 is 8.80 Å². The van der Waals surface area contributed by atoms with E-state index < -0.39 is 8.80 Å². The summed E-state index contributed by atoms with van der Waals surface area (Å²) in [6.45, 7) is 9.36. The molecule has 1 aliphatic carbocycles. The summed E-state index contributed by atoms with van der Waals surface area (Å²) >= 11 is 0. The summed E-state index contributed by atoms with van der Waals surface area (Å²) in [6, 6.07) is 1.00. The molecule has 5 heteroatoms. The molecule has 2 aliphatic rings. The Kier molecular flexibility index (Phi) is 30.2. The van der Waals surface area contributed by atoms with Crippen LogP contribution in [0.2, 0.25) is 6.04 Å². The van der Waals surface area contributed by atoms with E-state index in [-0.39, 0.29) is 0 Å². The van der Waals surface area contributed by atoms with E-state index >= 15 is 0 Å². The fourth-order valence-electron chi connectivity index (χ4n) is 7.92. The molecule has 1 aliphatic heterocycles. The third-order valence-electron chi connectivity index (χ3n) is 11.4. The number of unbranched alkanes of at least 4 members (excludes halogenated alkanes) is 27. The Morgan fingerprint density at radius 1 is 0.408 bits per heavy atom. The van der Waals surface area contributed by atoms with E-state index in [9.17, 15) is 0 Å². The predicted octanol–water partition coefficient (Wildman–Crippen LogP) is 14.7. The number of hydrogen-bond donors (Lipinski definition) is 0. The monoisotopic (exact) mass is 709 g/mol. The Balaban J connectivity index is 1.79. The molecule has 0 N–H and O–H groups in total. The summed E-state index contributed by atoms with van der Waals surface area (Å²) < 4.78 is 26.5. The molecule has 0 aromatic rings. The Morgan fingerprint density at radius 2 is 0.735 bits per heavy atom. The van der Waals surface area contributed by atoms with E-state index in [4.69, 9.17) is 18.0 Å². The van der Waals surface area contributed by atoms with Crippen LogP contribution in [0.5, 0.6) is 0 Å². The van der Waals surface area contributed by atoms with Crippen LogP contribution in [-0.2, 0) is 18.0 Å². The first-order valence-corrected chi connectivity index (χ1v) is 24.7. The van der Waals surface area contributed by atoms with Gasteiger partial charge in [-0.1, -0.05) is 194 Å². The number of ether oxygens (including phenoxy) is 1. The SMILES string of the molecule is CCCCCCCCCCCCO[Si](CCC1CCC2OC2C1)(OCCCCCCCCCCCC)OCCCCCCCCCCCC. The van der Waals surface area contributed by atoms with E-state index in [1.165, 1.54) is 199 Å². The highest BCUT2D eigenvalue weighted by atomic mass is 28.4. The van der Waals surface area contributed by atoms with Gasteiger partial charge in [0.2, 0.25) is 0 Å². The molecule has 3 atom stereocenters. The lowest BCUT2D eigenvalue weighted by molar-refractivity contribution is 0.0532. The van der Waals surface area contributed by atoms with E-state index in [1.54, 1.807) is 0 Å². The Morgan fingerprint density at radius 3 is 1.06 bits per heavy atom. The van der Waals surface area contributed by atoms with Crippen molar-refractivity contribution in [2.75, 3.05) is 19.8 Å². The van der Waals surface area contributed by atoms with Gasteiger partial charge >= 0.3 is 8.80 Å². The van der Waals surface area contributed by atoms with Gasteiger partial charge in [0.1, 0.15) is 0 Å². The molecule has 4 nitrogen and oxygen atoms in total. The van der Waals surface area contributed by atoms with E-state index in [2.05, 4.69) is 20.8 Å². The molecule has 3 unspecified atom stereocenters. The normalized spacial score (nSPS) is 19.0. The molecular weight excluding hydrogens is 621 g/mol. The van der Waals surface area contributed by atoms with Crippen LogP contribution in [0.3, 0.4) is 0 Å². The number of epoxide rings is 1. The van der Waals surface area contributed by atoms with Crippen LogP contribution in [0.4, 0.5) is 0 Å². The first-order chi connectivity index (χ1) is 24.2. The first kappa shape index (κ1) is 45.2. The van der Waals surface area contributed by atoms with Gasteiger partial charge in [0.25, 0.3) is 0 Å². The van der Waals surface area contributed by atoms with Gasteiger partial charge in [0.05, 0.1) is 12.2 Å². The zero-order valence-corrected chi connectivity index (χ0v) is 34.7. The minimum absolute atomic E-state index is 0.544. The maximum Gasteiger partial charge on any atom is 0.500 e. The van der Waals surface area contributed by atoms with Crippen LogP contribution in [-0.4, -0.2) is 40.8 Å². The van der Waals surface area contributed by atoms with Crippen molar-refractivity contribution < 1.29 is 18.0 Å². The lowest BCUT2D eigenvalue weighted by Crippen LogP contribution is -2.47. The second kappa shape index (κ2) is 32.7. The molecule has 2 rings (SSSR count). The molecule has 292 valence electrons. The molecule has 0 spiro atoms. The fraction of sp³-hybridized carbons (Fsp3) is 1.00. The summed E-state index contributed by atoms with van der Waals surface area (Å²) in [5.41, 5.74) is 0. The fourth-order valence-corrected chi connectivity index (χ4v) is 10.7. The third-order valence-corrected chi connectivity index (χ3v) is 14.3. The second-order valence-electron chi connectivity index (χ2n) is 16.2. The maximum atomic E-state index is 6.88. The minimum Gasteiger partial charge on any atom is -0.373 e. The van der Waals surface area contributed by atoms with Crippen molar-refractivity contribution in [3.8, 4) is 0 Å². The van der Waals surface area contributed by atoms with Crippen LogP contribution in [0.25, 0.3) is 0 Å². The highest BCUT2D eigenvalue weighted by Gasteiger charge is 2.46. The lowest BCUT2D eigenvalue weighted by atomic mass is 9.88. The van der Waals surface area contributed by atoms with Crippen LogP contribution in [0.1, 0.15) is 239 Å². The Bertz CT molecular complexity index is 625. The van der Waals surface area contributed by atoms with Gasteiger partial charge in [-0.25, -0.2) is 0 Å². The molecular formula is C44H88O4Si. The van der Waals surface area contributed by atoms with Gasteiger partial charge in [-0.15, -0.1) is 0 Å². The molecule has 0 aromatic carbocycles. The van der Waals surface area contributed by atoms with Crippen molar-refractivity contribution in [3.63, 3.8) is 0 Å². The smallest absolute Gasteiger partial charge is 0.373 e. The average molecular weight is 709 g/mol. The minimum atomic E-state index is -2.71. The van der Waals surface area contributed by atoms with Gasteiger partial charge in [-0.05, 0) is 50.9 Å². The van der Waals surface area contributed by atoms with Crippen LogP contribution >= 0.6 is 0 Å². The number of rotatable bonds is 39. The second-order valence-corrected chi connectivity index (χ2v) is 18.9. The van der Waals surface area contributed by atoms with Crippen LogP contribution in [0, 0.1) is 5.92 Å². The first-order valence-electron chi connectivity index (χ1n) is 22.8. The predicted molar refractivity (Wildman–Crippen MR) is 215 cm³/mol. The molecule has 0 bridgehead atoms. The molecule has 1 heterocycles. The topological polar surface area (TPSA) is 40.2 Å². The molecule has 0 aromatic heterocycles. The van der Waals surface area contributed by atoms with Crippen LogP contribution < -0.4 is 0 Å². The van der Waals surface area contributed by atoms with Crippen LogP contribution in [0.15, 0.2) is 0 Å². The van der Waals surface area contributed by atoms with E-state index in [0.29, 0.717) is 12.2 Å².